The molecule has 158 valence electrons. The standard InChI is InChI=1S/C19H12F4N6O2/c20-8-2-1-3-9(6-8)26-19(31)27-11-7-10(21)13(22)12(14(11)23)17(30)15-16-18(29-28-15)25-5-4-24-16/h1-7,16,18,29H,(H2,26,27,31). The maximum atomic E-state index is 14.9. The van der Waals surface area contributed by atoms with Gasteiger partial charge in [0, 0.05) is 24.2 Å². The summed E-state index contributed by atoms with van der Waals surface area (Å²) in [5.74, 6) is -6.71. The highest BCUT2D eigenvalue weighted by atomic mass is 19.2. The molecule has 31 heavy (non-hydrogen) atoms. The number of benzene rings is 2. The minimum Gasteiger partial charge on any atom is -0.308 e. The number of carbonyl (C=O) groups excluding carboxylic acids is 2. The number of fused-ring (bicyclic) bond motifs is 1. The van der Waals surface area contributed by atoms with E-state index in [2.05, 4.69) is 25.8 Å². The Balaban J connectivity index is 1.61. The van der Waals surface area contributed by atoms with E-state index < -0.39 is 58.5 Å². The topological polar surface area (TPSA) is 107 Å². The van der Waals surface area contributed by atoms with Crippen LogP contribution in [-0.2, 0) is 0 Å². The Morgan fingerprint density at radius 1 is 0.968 bits per heavy atom. The molecule has 8 nitrogen and oxygen atoms in total. The fraction of sp³-hybridized carbons (Fsp3) is 0.105. The predicted molar refractivity (Wildman–Crippen MR) is 105 cm³/mol. The second-order valence-corrected chi connectivity index (χ2v) is 6.44. The lowest BCUT2D eigenvalue weighted by atomic mass is 9.98. The van der Waals surface area contributed by atoms with Gasteiger partial charge < -0.3 is 10.6 Å². The van der Waals surface area contributed by atoms with Crippen LogP contribution in [0, 0.1) is 23.3 Å². The largest absolute Gasteiger partial charge is 0.323 e. The molecule has 2 amide bonds. The lowest BCUT2D eigenvalue weighted by Gasteiger charge is -2.16. The first kappa shape index (κ1) is 20.2. The number of aliphatic imine (C=N–C) groups is 2. The van der Waals surface area contributed by atoms with Crippen LogP contribution >= 0.6 is 0 Å². The van der Waals surface area contributed by atoms with E-state index in [4.69, 9.17) is 0 Å². The van der Waals surface area contributed by atoms with Gasteiger partial charge in [-0.3, -0.25) is 20.2 Å². The van der Waals surface area contributed by atoms with Crippen molar-refractivity contribution in [1.29, 1.82) is 0 Å². The number of hydrogen-bond acceptors (Lipinski definition) is 6. The van der Waals surface area contributed by atoms with E-state index in [1.54, 1.807) is 0 Å². The lowest BCUT2D eigenvalue weighted by molar-refractivity contribution is 0.105. The summed E-state index contributed by atoms with van der Waals surface area (Å²) in [6, 6.07) is 3.18. The van der Waals surface area contributed by atoms with E-state index in [0.717, 1.165) is 12.1 Å². The molecule has 2 heterocycles. The van der Waals surface area contributed by atoms with E-state index in [9.17, 15) is 27.2 Å². The maximum Gasteiger partial charge on any atom is 0.323 e. The van der Waals surface area contributed by atoms with Crippen molar-refractivity contribution in [3.8, 4) is 0 Å². The Morgan fingerprint density at radius 3 is 2.52 bits per heavy atom. The molecular weight excluding hydrogens is 420 g/mol. The van der Waals surface area contributed by atoms with Crippen LogP contribution in [0.4, 0.5) is 33.7 Å². The molecule has 0 saturated heterocycles. The zero-order chi connectivity index (χ0) is 22.1. The summed E-state index contributed by atoms with van der Waals surface area (Å²) >= 11 is 0. The first-order chi connectivity index (χ1) is 14.8. The van der Waals surface area contributed by atoms with Crippen LogP contribution in [0.2, 0.25) is 0 Å². The Kier molecular flexibility index (Phi) is 5.19. The number of halogens is 4. The lowest BCUT2D eigenvalue weighted by Crippen LogP contribution is -2.37. The number of anilines is 2. The smallest absolute Gasteiger partial charge is 0.308 e. The summed E-state index contributed by atoms with van der Waals surface area (Å²) in [6.45, 7) is 0. The molecule has 0 saturated carbocycles. The quantitative estimate of drug-likeness (QED) is 0.393. The van der Waals surface area contributed by atoms with Gasteiger partial charge in [-0.15, -0.1) is 0 Å². The zero-order valence-corrected chi connectivity index (χ0v) is 15.4. The molecule has 2 unspecified atom stereocenters. The number of nitrogens with one attached hydrogen (secondary N) is 3. The van der Waals surface area contributed by atoms with Gasteiger partial charge in [-0.1, -0.05) is 6.07 Å². The van der Waals surface area contributed by atoms with Crippen LogP contribution in [-0.4, -0.2) is 42.2 Å². The van der Waals surface area contributed by atoms with Gasteiger partial charge in [0.05, 0.1) is 5.69 Å². The van der Waals surface area contributed by atoms with Crippen LogP contribution in [0.15, 0.2) is 45.4 Å². The average molecular weight is 432 g/mol. The van der Waals surface area contributed by atoms with Gasteiger partial charge >= 0.3 is 6.03 Å². The molecule has 0 aromatic heterocycles. The molecule has 0 spiro atoms. The molecule has 4 rings (SSSR count). The third-order valence-electron chi connectivity index (χ3n) is 4.40. The normalized spacial score (nSPS) is 18.8. The third kappa shape index (κ3) is 3.86. The van der Waals surface area contributed by atoms with E-state index in [1.165, 1.54) is 24.6 Å². The number of nitrogens with zero attached hydrogens (tertiary/aromatic N) is 3. The van der Waals surface area contributed by atoms with Crippen molar-refractivity contribution >= 4 is 41.3 Å². The van der Waals surface area contributed by atoms with Crippen LogP contribution in [0.1, 0.15) is 10.4 Å². The highest BCUT2D eigenvalue weighted by Crippen LogP contribution is 2.27. The highest BCUT2D eigenvalue weighted by molar-refractivity contribution is 6.48. The molecule has 0 aliphatic carbocycles. The van der Waals surface area contributed by atoms with Crippen LogP contribution in [0.3, 0.4) is 0 Å². The molecule has 3 N–H and O–H groups in total. The molecule has 2 aromatic carbocycles. The Hall–Kier alpha value is -4.09. The summed E-state index contributed by atoms with van der Waals surface area (Å²) in [4.78, 5) is 32.8. The third-order valence-corrected chi connectivity index (χ3v) is 4.40. The summed E-state index contributed by atoms with van der Waals surface area (Å²) < 4.78 is 56.6. The van der Waals surface area contributed by atoms with E-state index in [-0.39, 0.29) is 11.4 Å². The number of rotatable bonds is 4. The molecule has 2 aromatic rings. The van der Waals surface area contributed by atoms with Crippen molar-refractivity contribution in [3.05, 3.63) is 59.2 Å². The summed E-state index contributed by atoms with van der Waals surface area (Å²) in [5, 5.41) is 7.90. The van der Waals surface area contributed by atoms with E-state index >= 15 is 0 Å². The molecular formula is C19H12F4N6O2. The fourth-order valence-corrected chi connectivity index (χ4v) is 3.01. The van der Waals surface area contributed by atoms with Crippen molar-refractivity contribution in [1.82, 2.24) is 5.43 Å². The van der Waals surface area contributed by atoms with Crippen molar-refractivity contribution in [3.63, 3.8) is 0 Å². The molecule has 0 fully saturated rings. The Morgan fingerprint density at radius 2 is 1.74 bits per heavy atom. The predicted octanol–water partition coefficient (Wildman–Crippen LogP) is 2.88. The van der Waals surface area contributed by atoms with Gasteiger partial charge in [-0.25, -0.2) is 22.4 Å². The van der Waals surface area contributed by atoms with E-state index in [0.29, 0.717) is 6.07 Å². The SMILES string of the molecule is O=C(Nc1cccc(F)c1)Nc1cc(F)c(F)c(C(=O)C2=NNC3N=CC=NC23)c1F. The van der Waals surface area contributed by atoms with Gasteiger partial charge in [-0.2, -0.15) is 5.10 Å². The second kappa shape index (κ2) is 7.97. The van der Waals surface area contributed by atoms with Crippen LogP contribution < -0.4 is 16.1 Å². The molecule has 2 aliphatic heterocycles. The number of carbonyl (C=O) groups is 2. The monoisotopic (exact) mass is 432 g/mol. The first-order valence-corrected chi connectivity index (χ1v) is 8.79. The van der Waals surface area contributed by atoms with Crippen LogP contribution in [0.5, 0.6) is 0 Å². The Labute approximate surface area is 171 Å². The molecule has 0 radical (unpaired) electrons. The van der Waals surface area contributed by atoms with Gasteiger partial charge in [0.1, 0.15) is 23.1 Å². The second-order valence-electron chi connectivity index (χ2n) is 6.44. The maximum absolute atomic E-state index is 14.9. The summed E-state index contributed by atoms with van der Waals surface area (Å²) in [6.07, 6.45) is 1.93. The summed E-state index contributed by atoms with van der Waals surface area (Å²) in [5.41, 5.74) is 0.121. The number of amides is 2. The van der Waals surface area contributed by atoms with Crippen LogP contribution in [0.25, 0.3) is 0 Å². The number of hydrazone groups is 1. The number of Topliss-reactive ketones (excluding diaryl/α,β-unsaturated/α-hetero) is 1. The van der Waals surface area contributed by atoms with Crippen molar-refractivity contribution in [2.24, 2.45) is 15.1 Å². The number of hydrogen-bond donors (Lipinski definition) is 3. The van der Waals surface area contributed by atoms with Crippen molar-refractivity contribution in [2.75, 3.05) is 10.6 Å². The molecule has 12 heteroatoms. The fourth-order valence-electron chi connectivity index (χ4n) is 3.01. The van der Waals surface area contributed by atoms with Gasteiger partial charge in [0.25, 0.3) is 0 Å². The van der Waals surface area contributed by atoms with Gasteiger partial charge in [0.2, 0.25) is 5.78 Å². The molecule has 2 aliphatic rings. The van der Waals surface area contributed by atoms with Gasteiger partial charge in [0.15, 0.2) is 23.6 Å². The minimum atomic E-state index is -1.74. The molecule has 0 bridgehead atoms. The first-order valence-electron chi connectivity index (χ1n) is 8.79. The van der Waals surface area contributed by atoms with Crippen molar-refractivity contribution in [2.45, 2.75) is 12.2 Å². The average Bonchev–Trinajstić information content (AvgIpc) is 3.16. The summed E-state index contributed by atoms with van der Waals surface area (Å²) in [7, 11) is 0. The Bertz CT molecular complexity index is 1180. The number of ketones is 1. The van der Waals surface area contributed by atoms with Crippen molar-refractivity contribution < 1.29 is 27.2 Å². The zero-order valence-electron chi connectivity index (χ0n) is 15.4. The minimum absolute atomic E-state index is 0.0323. The molecule has 2 atom stereocenters. The van der Waals surface area contributed by atoms with E-state index in [1.807, 2.05) is 5.32 Å². The van der Waals surface area contributed by atoms with Gasteiger partial charge in [-0.05, 0) is 18.2 Å². The number of urea groups is 1. The highest BCUT2D eigenvalue weighted by Gasteiger charge is 2.39.